The molecule has 0 saturated carbocycles. The minimum Gasteiger partial charge on any atom is -0.473 e. The minimum absolute atomic E-state index is 0.0764. The van der Waals surface area contributed by atoms with Gasteiger partial charge in [-0.1, -0.05) is 0 Å². The summed E-state index contributed by atoms with van der Waals surface area (Å²) in [4.78, 5) is 6.85. The summed E-state index contributed by atoms with van der Waals surface area (Å²) in [6.45, 7) is 6.82. The summed E-state index contributed by atoms with van der Waals surface area (Å²) >= 11 is 0. The van der Waals surface area contributed by atoms with Crippen LogP contribution in [0.5, 0.6) is 5.88 Å². The lowest BCUT2D eigenvalue weighted by Crippen LogP contribution is -2.35. The van der Waals surface area contributed by atoms with Crippen molar-refractivity contribution in [1.29, 1.82) is 0 Å². The molecular formula is C15H25N3O2. The summed E-state index contributed by atoms with van der Waals surface area (Å²) in [6, 6.07) is 3.85. The van der Waals surface area contributed by atoms with Crippen molar-refractivity contribution in [1.82, 2.24) is 4.98 Å². The number of anilines is 2. The highest BCUT2D eigenvalue weighted by Gasteiger charge is 2.20. The van der Waals surface area contributed by atoms with Crippen LogP contribution in [0.1, 0.15) is 26.7 Å². The molecule has 1 fully saturated rings. The van der Waals surface area contributed by atoms with Crippen LogP contribution in [0.4, 0.5) is 11.5 Å². The van der Waals surface area contributed by atoms with Crippen LogP contribution in [0, 0.1) is 5.92 Å². The van der Waals surface area contributed by atoms with E-state index in [4.69, 9.17) is 15.2 Å². The molecule has 0 spiro atoms. The quantitative estimate of drug-likeness (QED) is 0.896. The lowest BCUT2D eigenvalue weighted by Gasteiger charge is -2.32. The number of piperidine rings is 1. The molecule has 1 aromatic heterocycles. The van der Waals surface area contributed by atoms with Crippen molar-refractivity contribution in [3.05, 3.63) is 12.1 Å². The summed E-state index contributed by atoms with van der Waals surface area (Å²) in [6.07, 6.45) is 2.35. The summed E-state index contributed by atoms with van der Waals surface area (Å²) in [7, 11) is 1.77. The van der Waals surface area contributed by atoms with Crippen molar-refractivity contribution < 1.29 is 9.47 Å². The fraction of sp³-hybridized carbons (Fsp3) is 0.667. The van der Waals surface area contributed by atoms with E-state index in [1.807, 2.05) is 26.0 Å². The van der Waals surface area contributed by atoms with Crippen LogP contribution in [0.25, 0.3) is 0 Å². The number of hydrogen-bond donors (Lipinski definition) is 1. The Kier molecular flexibility index (Phi) is 5.06. The van der Waals surface area contributed by atoms with Crippen molar-refractivity contribution in [3.63, 3.8) is 0 Å². The first-order chi connectivity index (χ1) is 9.60. The molecule has 112 valence electrons. The summed E-state index contributed by atoms with van der Waals surface area (Å²) in [5.41, 5.74) is 6.50. The first-order valence-corrected chi connectivity index (χ1v) is 7.27. The SMILES string of the molecule is COCC1CCN(c2ccc(N)c(OC(C)C)n2)CC1. The number of aromatic nitrogens is 1. The molecule has 1 aliphatic rings. The molecule has 2 N–H and O–H groups in total. The van der Waals surface area contributed by atoms with Crippen molar-refractivity contribution in [2.75, 3.05) is 37.4 Å². The highest BCUT2D eigenvalue weighted by Crippen LogP contribution is 2.27. The van der Waals surface area contributed by atoms with Gasteiger partial charge < -0.3 is 20.1 Å². The third-order valence-electron chi connectivity index (χ3n) is 3.56. The van der Waals surface area contributed by atoms with E-state index < -0.39 is 0 Å². The third-order valence-corrected chi connectivity index (χ3v) is 3.56. The molecule has 5 nitrogen and oxygen atoms in total. The standard InChI is InChI=1S/C15H25N3O2/c1-11(2)20-15-13(16)4-5-14(17-15)18-8-6-12(7-9-18)10-19-3/h4-5,11-12H,6-10,16H2,1-3H3. The average Bonchev–Trinajstić information content (AvgIpc) is 2.42. The molecule has 0 radical (unpaired) electrons. The normalized spacial score (nSPS) is 16.7. The molecule has 1 aromatic rings. The van der Waals surface area contributed by atoms with E-state index in [0.717, 1.165) is 38.4 Å². The zero-order chi connectivity index (χ0) is 14.5. The number of nitrogen functional groups attached to an aromatic ring is 1. The maximum Gasteiger partial charge on any atom is 0.239 e. The van der Waals surface area contributed by atoms with E-state index in [0.29, 0.717) is 17.5 Å². The van der Waals surface area contributed by atoms with Crippen LogP contribution in [-0.2, 0) is 4.74 Å². The topological polar surface area (TPSA) is 60.6 Å². The van der Waals surface area contributed by atoms with E-state index >= 15 is 0 Å². The Morgan fingerprint density at radius 1 is 1.35 bits per heavy atom. The zero-order valence-electron chi connectivity index (χ0n) is 12.6. The summed E-state index contributed by atoms with van der Waals surface area (Å²) < 4.78 is 10.9. The lowest BCUT2D eigenvalue weighted by atomic mass is 9.98. The Bertz CT molecular complexity index is 429. The maximum atomic E-state index is 5.91. The van der Waals surface area contributed by atoms with Gasteiger partial charge in [0, 0.05) is 26.8 Å². The minimum atomic E-state index is 0.0764. The number of ether oxygens (including phenoxy) is 2. The fourth-order valence-corrected chi connectivity index (χ4v) is 2.50. The number of nitrogens with zero attached hydrogens (tertiary/aromatic N) is 2. The summed E-state index contributed by atoms with van der Waals surface area (Å²) in [5, 5.41) is 0. The van der Waals surface area contributed by atoms with E-state index in [-0.39, 0.29) is 6.10 Å². The van der Waals surface area contributed by atoms with Gasteiger partial charge in [0.05, 0.1) is 11.8 Å². The number of rotatable bonds is 5. The Labute approximate surface area is 121 Å². The van der Waals surface area contributed by atoms with Gasteiger partial charge >= 0.3 is 0 Å². The van der Waals surface area contributed by atoms with E-state index in [1.165, 1.54) is 0 Å². The molecule has 2 rings (SSSR count). The highest BCUT2D eigenvalue weighted by molar-refractivity contribution is 5.54. The second-order valence-corrected chi connectivity index (χ2v) is 5.62. The van der Waals surface area contributed by atoms with Crippen LogP contribution in [0.15, 0.2) is 12.1 Å². The van der Waals surface area contributed by atoms with Crippen molar-refractivity contribution in [2.24, 2.45) is 5.92 Å². The largest absolute Gasteiger partial charge is 0.473 e. The predicted octanol–water partition coefficient (Wildman–Crippen LogP) is 2.31. The van der Waals surface area contributed by atoms with Gasteiger partial charge in [-0.3, -0.25) is 0 Å². The molecule has 0 unspecified atom stereocenters. The molecule has 5 heteroatoms. The lowest BCUT2D eigenvalue weighted by molar-refractivity contribution is 0.139. The molecule has 0 aliphatic carbocycles. The molecule has 0 amide bonds. The molecule has 0 bridgehead atoms. The molecule has 20 heavy (non-hydrogen) atoms. The number of hydrogen-bond acceptors (Lipinski definition) is 5. The Hall–Kier alpha value is -1.49. The van der Waals surface area contributed by atoms with Gasteiger partial charge in [-0.25, -0.2) is 0 Å². The molecule has 1 saturated heterocycles. The number of methoxy groups -OCH3 is 1. The van der Waals surface area contributed by atoms with Crippen molar-refractivity contribution in [3.8, 4) is 5.88 Å². The van der Waals surface area contributed by atoms with Gasteiger partial charge in [0.2, 0.25) is 5.88 Å². The monoisotopic (exact) mass is 279 g/mol. The van der Waals surface area contributed by atoms with Gasteiger partial charge in [-0.05, 0) is 44.7 Å². The first kappa shape index (κ1) is 14.9. The van der Waals surface area contributed by atoms with Gasteiger partial charge in [0.1, 0.15) is 5.82 Å². The maximum absolute atomic E-state index is 5.91. The van der Waals surface area contributed by atoms with Gasteiger partial charge in [-0.2, -0.15) is 4.98 Å². The second kappa shape index (κ2) is 6.79. The van der Waals surface area contributed by atoms with Crippen molar-refractivity contribution in [2.45, 2.75) is 32.8 Å². The second-order valence-electron chi connectivity index (χ2n) is 5.62. The van der Waals surface area contributed by atoms with Crippen LogP contribution in [-0.4, -0.2) is 37.9 Å². The highest BCUT2D eigenvalue weighted by atomic mass is 16.5. The van der Waals surface area contributed by atoms with E-state index in [1.54, 1.807) is 7.11 Å². The zero-order valence-corrected chi connectivity index (χ0v) is 12.6. The Morgan fingerprint density at radius 2 is 2.05 bits per heavy atom. The van der Waals surface area contributed by atoms with Crippen molar-refractivity contribution >= 4 is 11.5 Å². The van der Waals surface area contributed by atoms with E-state index in [9.17, 15) is 0 Å². The van der Waals surface area contributed by atoms with Gasteiger partial charge in [0.15, 0.2) is 0 Å². The van der Waals surface area contributed by atoms with Crippen LogP contribution in [0.3, 0.4) is 0 Å². The molecule has 0 aromatic carbocycles. The molecule has 1 aliphatic heterocycles. The molecule has 2 heterocycles. The average molecular weight is 279 g/mol. The van der Waals surface area contributed by atoms with Crippen LogP contribution in [0.2, 0.25) is 0 Å². The first-order valence-electron chi connectivity index (χ1n) is 7.27. The third kappa shape index (κ3) is 3.76. The Balaban J connectivity index is 2.02. The molecule has 0 atom stereocenters. The van der Waals surface area contributed by atoms with Crippen LogP contribution >= 0.6 is 0 Å². The smallest absolute Gasteiger partial charge is 0.239 e. The van der Waals surface area contributed by atoms with Crippen LogP contribution < -0.4 is 15.4 Å². The summed E-state index contributed by atoms with van der Waals surface area (Å²) in [5.74, 6) is 2.15. The number of pyridine rings is 1. The molecular weight excluding hydrogens is 254 g/mol. The van der Waals surface area contributed by atoms with Gasteiger partial charge in [0.25, 0.3) is 0 Å². The van der Waals surface area contributed by atoms with Gasteiger partial charge in [-0.15, -0.1) is 0 Å². The predicted molar refractivity (Wildman–Crippen MR) is 81.2 cm³/mol. The number of nitrogens with two attached hydrogens (primary N) is 1. The fourth-order valence-electron chi connectivity index (χ4n) is 2.50. The Morgan fingerprint density at radius 3 is 2.65 bits per heavy atom. The van der Waals surface area contributed by atoms with E-state index in [2.05, 4.69) is 9.88 Å².